The zero-order valence-corrected chi connectivity index (χ0v) is 10.7. The van der Waals surface area contributed by atoms with Crippen molar-refractivity contribution in [1.29, 1.82) is 10.5 Å². The van der Waals surface area contributed by atoms with Crippen molar-refractivity contribution in [2.24, 2.45) is 0 Å². The molecule has 1 rings (SSSR count). The second kappa shape index (κ2) is 6.15. The number of nitrogens with zero attached hydrogens (tertiary/aromatic N) is 3. The molecule has 0 heterocycles. The molecule has 0 aliphatic rings. The molecule has 0 amide bonds. The highest BCUT2D eigenvalue weighted by molar-refractivity contribution is 9.10. The van der Waals surface area contributed by atoms with E-state index in [0.717, 1.165) is 16.7 Å². The molecular formula is C12H12BrN3. The fourth-order valence-corrected chi connectivity index (χ4v) is 1.90. The Morgan fingerprint density at radius 2 is 2.12 bits per heavy atom. The van der Waals surface area contributed by atoms with Crippen LogP contribution in [0.15, 0.2) is 22.7 Å². The minimum Gasteiger partial charge on any atom is -0.371 e. The van der Waals surface area contributed by atoms with Crippen molar-refractivity contribution in [3.63, 3.8) is 0 Å². The number of anilines is 1. The highest BCUT2D eigenvalue weighted by Crippen LogP contribution is 2.23. The minimum atomic E-state index is 0.505. The maximum atomic E-state index is 8.81. The van der Waals surface area contributed by atoms with E-state index in [-0.39, 0.29) is 0 Å². The van der Waals surface area contributed by atoms with Gasteiger partial charge >= 0.3 is 0 Å². The van der Waals surface area contributed by atoms with E-state index in [0.29, 0.717) is 18.5 Å². The maximum Gasteiger partial charge on any atom is 0.100 e. The fourth-order valence-electron chi connectivity index (χ4n) is 1.45. The molecule has 0 saturated carbocycles. The number of halogens is 1. The van der Waals surface area contributed by atoms with Crippen LogP contribution in [0.4, 0.5) is 5.69 Å². The first-order valence-electron chi connectivity index (χ1n) is 5.04. The fraction of sp³-hybridized carbons (Fsp3) is 0.333. The Balaban J connectivity index is 2.91. The summed E-state index contributed by atoms with van der Waals surface area (Å²) in [5.74, 6) is 0. The van der Waals surface area contributed by atoms with Crippen LogP contribution in [-0.2, 0) is 0 Å². The van der Waals surface area contributed by atoms with Crippen LogP contribution in [0, 0.1) is 22.7 Å². The van der Waals surface area contributed by atoms with Crippen molar-refractivity contribution in [2.75, 3.05) is 18.0 Å². The van der Waals surface area contributed by atoms with Crippen LogP contribution < -0.4 is 4.90 Å². The highest BCUT2D eigenvalue weighted by Gasteiger charge is 2.06. The number of nitriles is 2. The predicted molar refractivity (Wildman–Crippen MR) is 67.0 cm³/mol. The van der Waals surface area contributed by atoms with E-state index in [2.05, 4.69) is 33.0 Å². The van der Waals surface area contributed by atoms with Crippen molar-refractivity contribution in [3.8, 4) is 12.1 Å². The smallest absolute Gasteiger partial charge is 0.100 e. The van der Waals surface area contributed by atoms with Gasteiger partial charge in [0.2, 0.25) is 0 Å². The standard InChI is InChI=1S/C12H12BrN3/c1-2-16(7-3-6-14)11-5-4-10(9-15)12(13)8-11/h4-5,8H,2-3,7H2,1H3. The Morgan fingerprint density at radius 3 is 2.62 bits per heavy atom. The molecule has 1 aromatic rings. The lowest BCUT2D eigenvalue weighted by atomic mass is 10.2. The molecule has 0 aliphatic carbocycles. The summed E-state index contributed by atoms with van der Waals surface area (Å²) in [6.07, 6.45) is 0.505. The van der Waals surface area contributed by atoms with Crippen LogP contribution in [0.1, 0.15) is 18.9 Å². The monoisotopic (exact) mass is 277 g/mol. The maximum absolute atomic E-state index is 8.81. The van der Waals surface area contributed by atoms with Gasteiger partial charge in [-0.2, -0.15) is 10.5 Å². The average molecular weight is 278 g/mol. The summed E-state index contributed by atoms with van der Waals surface area (Å²) in [5, 5.41) is 17.4. The van der Waals surface area contributed by atoms with Crippen LogP contribution in [0.25, 0.3) is 0 Å². The first-order chi connectivity index (χ1) is 7.72. The molecule has 1 aromatic carbocycles. The van der Waals surface area contributed by atoms with E-state index in [9.17, 15) is 0 Å². The van der Waals surface area contributed by atoms with Gasteiger partial charge < -0.3 is 4.90 Å². The van der Waals surface area contributed by atoms with Gasteiger partial charge in [0, 0.05) is 23.2 Å². The summed E-state index contributed by atoms with van der Waals surface area (Å²) in [6.45, 7) is 3.61. The van der Waals surface area contributed by atoms with Gasteiger partial charge in [-0.3, -0.25) is 0 Å². The summed E-state index contributed by atoms with van der Waals surface area (Å²) in [5.41, 5.74) is 1.66. The Hall–Kier alpha value is -1.52. The molecule has 16 heavy (non-hydrogen) atoms. The quantitative estimate of drug-likeness (QED) is 0.850. The molecule has 0 aliphatic heterocycles. The predicted octanol–water partition coefficient (Wildman–Crippen LogP) is 3.06. The second-order valence-corrected chi connectivity index (χ2v) is 4.12. The first kappa shape index (κ1) is 12.5. The van der Waals surface area contributed by atoms with E-state index < -0.39 is 0 Å². The van der Waals surface area contributed by atoms with E-state index in [4.69, 9.17) is 10.5 Å². The van der Waals surface area contributed by atoms with Crippen LogP contribution >= 0.6 is 15.9 Å². The number of hydrogen-bond donors (Lipinski definition) is 0. The third kappa shape index (κ3) is 2.98. The molecule has 0 bridgehead atoms. The summed E-state index contributed by atoms with van der Waals surface area (Å²) in [6, 6.07) is 9.85. The normalized spacial score (nSPS) is 9.25. The Labute approximate surface area is 104 Å². The summed E-state index contributed by atoms with van der Waals surface area (Å²) < 4.78 is 0.794. The summed E-state index contributed by atoms with van der Waals surface area (Å²) in [7, 11) is 0. The molecule has 0 atom stereocenters. The largest absolute Gasteiger partial charge is 0.371 e. The van der Waals surface area contributed by atoms with Gasteiger partial charge in [0.1, 0.15) is 6.07 Å². The van der Waals surface area contributed by atoms with Gasteiger partial charge in [0.25, 0.3) is 0 Å². The summed E-state index contributed by atoms with van der Waals surface area (Å²) in [4.78, 5) is 2.11. The molecule has 4 heteroatoms. The van der Waals surface area contributed by atoms with Crippen LogP contribution in [0.5, 0.6) is 0 Å². The third-order valence-corrected chi connectivity index (χ3v) is 2.97. The van der Waals surface area contributed by atoms with Crippen LogP contribution in [0.3, 0.4) is 0 Å². The van der Waals surface area contributed by atoms with Crippen molar-refractivity contribution < 1.29 is 0 Å². The molecule has 3 nitrogen and oxygen atoms in total. The zero-order valence-electron chi connectivity index (χ0n) is 9.07. The lowest BCUT2D eigenvalue weighted by molar-refractivity contribution is 0.827. The highest BCUT2D eigenvalue weighted by atomic mass is 79.9. The van der Waals surface area contributed by atoms with Gasteiger partial charge in [-0.25, -0.2) is 0 Å². The SMILES string of the molecule is CCN(CCC#N)c1ccc(C#N)c(Br)c1. The minimum absolute atomic E-state index is 0.505. The first-order valence-corrected chi connectivity index (χ1v) is 5.83. The second-order valence-electron chi connectivity index (χ2n) is 3.26. The molecule has 0 spiro atoms. The molecule has 0 radical (unpaired) electrons. The van der Waals surface area contributed by atoms with E-state index in [1.54, 1.807) is 6.07 Å². The molecule has 0 unspecified atom stereocenters. The molecular weight excluding hydrogens is 266 g/mol. The van der Waals surface area contributed by atoms with Crippen LogP contribution in [0.2, 0.25) is 0 Å². The van der Waals surface area contributed by atoms with Crippen molar-refractivity contribution in [1.82, 2.24) is 0 Å². The molecule has 0 fully saturated rings. The van der Waals surface area contributed by atoms with Gasteiger partial charge in [0.05, 0.1) is 18.1 Å². The van der Waals surface area contributed by atoms with Crippen molar-refractivity contribution in [3.05, 3.63) is 28.2 Å². The molecule has 82 valence electrons. The van der Waals surface area contributed by atoms with Gasteiger partial charge in [-0.15, -0.1) is 0 Å². The Bertz CT molecular complexity index is 443. The van der Waals surface area contributed by atoms with Crippen molar-refractivity contribution in [2.45, 2.75) is 13.3 Å². The zero-order chi connectivity index (χ0) is 12.0. The summed E-state index contributed by atoms with van der Waals surface area (Å²) >= 11 is 3.36. The average Bonchev–Trinajstić information content (AvgIpc) is 2.30. The third-order valence-electron chi connectivity index (χ3n) is 2.31. The topological polar surface area (TPSA) is 50.8 Å². The lowest BCUT2D eigenvalue weighted by Gasteiger charge is -2.22. The lowest BCUT2D eigenvalue weighted by Crippen LogP contribution is -2.23. The van der Waals surface area contributed by atoms with E-state index >= 15 is 0 Å². The number of rotatable bonds is 4. The molecule has 0 aromatic heterocycles. The molecule has 0 N–H and O–H groups in total. The van der Waals surface area contributed by atoms with Gasteiger partial charge in [0.15, 0.2) is 0 Å². The Morgan fingerprint density at radius 1 is 1.38 bits per heavy atom. The number of hydrogen-bond acceptors (Lipinski definition) is 3. The van der Waals surface area contributed by atoms with Crippen LogP contribution in [-0.4, -0.2) is 13.1 Å². The number of benzene rings is 1. The van der Waals surface area contributed by atoms with Gasteiger partial charge in [-0.05, 0) is 41.1 Å². The van der Waals surface area contributed by atoms with E-state index in [1.807, 2.05) is 19.1 Å². The van der Waals surface area contributed by atoms with Gasteiger partial charge in [-0.1, -0.05) is 0 Å². The molecule has 0 saturated heterocycles. The Kier molecular flexibility index (Phi) is 4.82. The van der Waals surface area contributed by atoms with Crippen molar-refractivity contribution >= 4 is 21.6 Å². The van der Waals surface area contributed by atoms with E-state index in [1.165, 1.54) is 0 Å².